The van der Waals surface area contributed by atoms with Crippen LogP contribution in [0.3, 0.4) is 0 Å². The molecule has 5 heterocycles. The predicted molar refractivity (Wildman–Crippen MR) is 169 cm³/mol. The largest absolute Gasteiger partial charge is 0.493 e. The van der Waals surface area contributed by atoms with Crippen molar-refractivity contribution in [3.8, 4) is 0 Å². The normalized spacial score (nSPS) is 27.3. The zero-order valence-electron chi connectivity index (χ0n) is 28.6. The molecular weight excluding hydrogens is 652 g/mol. The van der Waals surface area contributed by atoms with Gasteiger partial charge in [0.25, 0.3) is 0 Å². The van der Waals surface area contributed by atoms with Crippen LogP contribution in [-0.4, -0.2) is 200 Å². The van der Waals surface area contributed by atoms with E-state index in [9.17, 15) is 0 Å². The topological polar surface area (TPSA) is 164 Å². The van der Waals surface area contributed by atoms with Gasteiger partial charge in [0.15, 0.2) is 6.10 Å². The van der Waals surface area contributed by atoms with Gasteiger partial charge in [-0.25, -0.2) is 0 Å². The average molecular weight is 709 g/mol. The summed E-state index contributed by atoms with van der Waals surface area (Å²) < 4.78 is 92.2. The lowest BCUT2D eigenvalue weighted by Gasteiger charge is -2.37. The second-order valence-electron chi connectivity index (χ2n) is 12.2. The van der Waals surface area contributed by atoms with Crippen LogP contribution in [0, 0.1) is 0 Å². The van der Waals surface area contributed by atoms with Crippen molar-refractivity contribution in [2.24, 2.45) is 0 Å². The molecule has 0 radical (unpaired) electrons. The van der Waals surface area contributed by atoms with Gasteiger partial charge in [0.2, 0.25) is 0 Å². The molecule has 0 amide bonds. The fraction of sp³-hybridized carbons (Fsp3) is 0.939. The molecule has 16 nitrogen and oxygen atoms in total. The highest BCUT2D eigenvalue weighted by Gasteiger charge is 2.39. The molecule has 0 bridgehead atoms. The minimum absolute atomic E-state index is 0.149. The molecule has 9 atom stereocenters. The van der Waals surface area contributed by atoms with Crippen molar-refractivity contribution in [3.05, 3.63) is 12.8 Å². The zero-order chi connectivity index (χ0) is 33.8. The zero-order valence-corrected chi connectivity index (χ0v) is 28.6. The molecule has 5 rings (SSSR count). The first-order chi connectivity index (χ1) is 24.3. The molecule has 5 saturated heterocycles. The van der Waals surface area contributed by atoms with E-state index in [2.05, 4.69) is 6.58 Å². The van der Waals surface area contributed by atoms with Crippen molar-refractivity contribution in [2.75, 3.05) is 145 Å². The van der Waals surface area contributed by atoms with Crippen molar-refractivity contribution >= 4 is 0 Å². The SMILES string of the molecule is C=COC(C(COCCOCC1CO1)OCCOCC1CO1)C(OCCOCC1CO1)C(COCCOCC1CO1)OCCOCC1CO1. The molecule has 16 heteroatoms. The average Bonchev–Trinajstić information content (AvgIpc) is 3.88. The monoisotopic (exact) mass is 708 g/mol. The Kier molecular flexibility index (Phi) is 18.8. The van der Waals surface area contributed by atoms with Crippen LogP contribution in [0.2, 0.25) is 0 Å². The van der Waals surface area contributed by atoms with Crippen molar-refractivity contribution in [2.45, 2.75) is 54.9 Å². The Labute approximate surface area is 289 Å². The van der Waals surface area contributed by atoms with Gasteiger partial charge in [0.05, 0.1) is 152 Å². The molecule has 49 heavy (non-hydrogen) atoms. The molecule has 0 aromatic carbocycles. The second-order valence-corrected chi connectivity index (χ2v) is 12.2. The lowest BCUT2D eigenvalue weighted by atomic mass is 10.0. The smallest absolute Gasteiger partial charge is 0.155 e. The van der Waals surface area contributed by atoms with Crippen molar-refractivity contribution < 1.29 is 75.8 Å². The number of hydrogen-bond donors (Lipinski definition) is 0. The van der Waals surface area contributed by atoms with Gasteiger partial charge < -0.3 is 75.8 Å². The van der Waals surface area contributed by atoms with Crippen molar-refractivity contribution in [3.63, 3.8) is 0 Å². The summed E-state index contributed by atoms with van der Waals surface area (Å²) in [5.41, 5.74) is 0. The predicted octanol–water partition coefficient (Wildman–Crippen LogP) is -0.219. The molecular formula is C33H56O16. The summed E-state index contributed by atoms with van der Waals surface area (Å²) in [5, 5.41) is 0. The molecule has 5 fully saturated rings. The van der Waals surface area contributed by atoms with Crippen molar-refractivity contribution in [1.82, 2.24) is 0 Å². The molecule has 0 spiro atoms. The van der Waals surface area contributed by atoms with Gasteiger partial charge in [-0.2, -0.15) is 0 Å². The van der Waals surface area contributed by atoms with Crippen LogP contribution in [0.5, 0.6) is 0 Å². The Morgan fingerprint density at radius 3 is 1.08 bits per heavy atom. The lowest BCUT2D eigenvalue weighted by Crippen LogP contribution is -2.52. The molecule has 9 unspecified atom stereocenters. The quantitative estimate of drug-likeness (QED) is 0.0472. The van der Waals surface area contributed by atoms with Crippen LogP contribution in [0.1, 0.15) is 0 Å². The molecule has 0 saturated carbocycles. The molecule has 5 aliphatic heterocycles. The van der Waals surface area contributed by atoms with Crippen LogP contribution in [-0.2, 0) is 75.8 Å². The highest BCUT2D eigenvalue weighted by molar-refractivity contribution is 4.88. The fourth-order valence-corrected chi connectivity index (χ4v) is 4.67. The Morgan fingerprint density at radius 1 is 0.429 bits per heavy atom. The summed E-state index contributed by atoms with van der Waals surface area (Å²) in [6, 6.07) is 0. The van der Waals surface area contributed by atoms with E-state index < -0.39 is 24.4 Å². The second kappa shape index (κ2) is 23.5. The summed E-state index contributed by atoms with van der Waals surface area (Å²) >= 11 is 0. The lowest BCUT2D eigenvalue weighted by molar-refractivity contribution is -0.191. The van der Waals surface area contributed by atoms with E-state index in [4.69, 9.17) is 75.8 Å². The van der Waals surface area contributed by atoms with Crippen LogP contribution < -0.4 is 0 Å². The van der Waals surface area contributed by atoms with E-state index in [1.54, 1.807) is 0 Å². The van der Waals surface area contributed by atoms with Gasteiger partial charge in [0, 0.05) is 0 Å². The maximum absolute atomic E-state index is 6.50. The minimum Gasteiger partial charge on any atom is -0.493 e. The first kappa shape index (κ1) is 39.2. The Bertz CT molecular complexity index is 851. The molecule has 0 aromatic rings. The number of ether oxygens (including phenoxy) is 16. The molecule has 0 aliphatic carbocycles. The number of rotatable bonds is 37. The van der Waals surface area contributed by atoms with Crippen LogP contribution in [0.25, 0.3) is 0 Å². The molecule has 284 valence electrons. The third kappa shape index (κ3) is 18.8. The van der Waals surface area contributed by atoms with E-state index in [-0.39, 0.29) is 50.3 Å². The summed E-state index contributed by atoms with van der Waals surface area (Å²) in [5.74, 6) is 0. The Morgan fingerprint density at radius 2 is 0.735 bits per heavy atom. The van der Waals surface area contributed by atoms with E-state index in [0.717, 1.165) is 26.4 Å². The first-order valence-electron chi connectivity index (χ1n) is 17.5. The molecule has 5 aliphatic rings. The van der Waals surface area contributed by atoms with E-state index in [0.29, 0.717) is 99.1 Å². The highest BCUT2D eigenvalue weighted by atomic mass is 16.6. The van der Waals surface area contributed by atoms with Crippen molar-refractivity contribution in [1.29, 1.82) is 0 Å². The van der Waals surface area contributed by atoms with E-state index >= 15 is 0 Å². The molecule has 0 N–H and O–H groups in total. The standard InChI is InChI=1S/C33H56O16/c1-2-41-32(30(42-10-7-36-15-27-20-47-27)23-39-5-3-34-13-25-18-45-25)33(44-12-9-38-17-29-22-49-29)31(43-11-8-37-16-28-21-48-28)24-40-6-4-35-14-26-19-46-26/h2,25-33H,1,3-24H2. The van der Waals surface area contributed by atoms with Gasteiger partial charge >= 0.3 is 0 Å². The van der Waals surface area contributed by atoms with Gasteiger partial charge in [-0.05, 0) is 0 Å². The Balaban J connectivity index is 1.19. The third-order valence-corrected chi connectivity index (χ3v) is 7.81. The summed E-state index contributed by atoms with van der Waals surface area (Å²) in [6.45, 7) is 14.1. The minimum atomic E-state index is -0.700. The van der Waals surface area contributed by atoms with Gasteiger partial charge in [-0.1, -0.05) is 6.58 Å². The Hall–Kier alpha value is -1.06. The maximum atomic E-state index is 6.50. The van der Waals surface area contributed by atoms with E-state index in [1.807, 2.05) is 0 Å². The number of epoxide rings is 5. The third-order valence-electron chi connectivity index (χ3n) is 7.81. The maximum Gasteiger partial charge on any atom is 0.155 e. The van der Waals surface area contributed by atoms with Gasteiger partial charge in [-0.15, -0.1) is 0 Å². The van der Waals surface area contributed by atoms with Gasteiger partial charge in [0.1, 0.15) is 48.8 Å². The van der Waals surface area contributed by atoms with Crippen LogP contribution in [0.15, 0.2) is 12.8 Å². The summed E-state index contributed by atoms with van der Waals surface area (Å²) in [4.78, 5) is 0. The summed E-state index contributed by atoms with van der Waals surface area (Å²) in [7, 11) is 0. The number of hydrogen-bond acceptors (Lipinski definition) is 16. The van der Waals surface area contributed by atoms with Crippen LogP contribution >= 0.6 is 0 Å². The van der Waals surface area contributed by atoms with E-state index in [1.165, 1.54) is 6.26 Å². The van der Waals surface area contributed by atoms with Gasteiger partial charge in [-0.3, -0.25) is 0 Å². The van der Waals surface area contributed by atoms with Crippen LogP contribution in [0.4, 0.5) is 0 Å². The summed E-state index contributed by atoms with van der Waals surface area (Å²) in [6.07, 6.45) is -0.328. The fourth-order valence-electron chi connectivity index (χ4n) is 4.67. The molecule has 0 aromatic heterocycles. The first-order valence-corrected chi connectivity index (χ1v) is 17.5. The highest BCUT2D eigenvalue weighted by Crippen LogP contribution is 2.21.